The van der Waals surface area contributed by atoms with Crippen LogP contribution in [-0.4, -0.2) is 74.4 Å². The van der Waals surface area contributed by atoms with Gasteiger partial charge in [0.15, 0.2) is 11.5 Å². The maximum Gasteiger partial charge on any atom is 0.248 e. The van der Waals surface area contributed by atoms with Crippen molar-refractivity contribution in [2.45, 2.75) is 39.2 Å². The summed E-state index contributed by atoms with van der Waals surface area (Å²) in [6, 6.07) is 5.50. The number of hydrogen-bond acceptors (Lipinski definition) is 5. The van der Waals surface area contributed by atoms with Gasteiger partial charge in [0.2, 0.25) is 5.91 Å². The van der Waals surface area contributed by atoms with Crippen LogP contribution in [0.5, 0.6) is 11.5 Å². The second-order valence-electron chi connectivity index (χ2n) is 7.61. The Bertz CT molecular complexity index is 664. The summed E-state index contributed by atoms with van der Waals surface area (Å²) in [5.41, 5.74) is 0. The van der Waals surface area contributed by atoms with E-state index in [1.165, 1.54) is 12.8 Å². The van der Waals surface area contributed by atoms with Crippen molar-refractivity contribution < 1.29 is 19.0 Å². The molecule has 1 aromatic carbocycles. The zero-order valence-electron chi connectivity index (χ0n) is 17.6. The second-order valence-corrected chi connectivity index (χ2v) is 8.04. The molecule has 1 amide bonds. The first kappa shape index (κ1) is 22.2. The lowest BCUT2D eigenvalue weighted by atomic mass is 9.93. The summed E-state index contributed by atoms with van der Waals surface area (Å²) >= 11 is 6.05. The normalized spacial score (nSPS) is 22.8. The Kier molecular flexibility index (Phi) is 8.45. The van der Waals surface area contributed by atoms with Crippen LogP contribution in [0.15, 0.2) is 18.2 Å². The van der Waals surface area contributed by atoms with Crippen molar-refractivity contribution in [1.29, 1.82) is 0 Å². The van der Waals surface area contributed by atoms with E-state index in [4.69, 9.17) is 25.8 Å². The first-order chi connectivity index (χ1) is 14.2. The number of carbonyl (C=O) groups is 1. The lowest BCUT2D eigenvalue weighted by molar-refractivity contribution is -0.142. The van der Waals surface area contributed by atoms with Crippen molar-refractivity contribution in [2.24, 2.45) is 5.92 Å². The highest BCUT2D eigenvalue weighted by Crippen LogP contribution is 2.34. The SMILES string of the molecule is CC.O=C1COCCN1CCC1CCN(C[C@H]2COc3ccc(Cl)cc3O2)CC1. The molecule has 3 aliphatic rings. The molecule has 162 valence electrons. The third-order valence-corrected chi connectivity index (χ3v) is 5.92. The minimum Gasteiger partial charge on any atom is -0.486 e. The van der Waals surface area contributed by atoms with E-state index < -0.39 is 0 Å². The quantitative estimate of drug-likeness (QED) is 0.724. The topological polar surface area (TPSA) is 51.2 Å². The zero-order valence-corrected chi connectivity index (χ0v) is 18.3. The summed E-state index contributed by atoms with van der Waals surface area (Å²) in [6.45, 7) is 10.1. The summed E-state index contributed by atoms with van der Waals surface area (Å²) in [5, 5.41) is 0.664. The van der Waals surface area contributed by atoms with Gasteiger partial charge in [-0.2, -0.15) is 0 Å². The number of rotatable bonds is 5. The predicted molar refractivity (Wildman–Crippen MR) is 114 cm³/mol. The van der Waals surface area contributed by atoms with Crippen molar-refractivity contribution in [3.05, 3.63) is 23.2 Å². The third-order valence-electron chi connectivity index (χ3n) is 5.68. The highest BCUT2D eigenvalue weighted by Gasteiger charge is 2.27. The maximum atomic E-state index is 11.8. The number of benzene rings is 1. The molecule has 0 N–H and O–H groups in total. The molecule has 0 radical (unpaired) electrons. The second kappa shape index (κ2) is 11.0. The molecular weight excluding hydrogens is 392 g/mol. The number of halogens is 1. The zero-order chi connectivity index (χ0) is 20.6. The van der Waals surface area contributed by atoms with Crippen LogP contribution in [0, 0.1) is 5.92 Å². The molecule has 4 rings (SSSR count). The first-order valence-electron chi connectivity index (χ1n) is 10.8. The van der Waals surface area contributed by atoms with E-state index in [9.17, 15) is 4.79 Å². The Morgan fingerprint density at radius 2 is 1.93 bits per heavy atom. The van der Waals surface area contributed by atoms with E-state index >= 15 is 0 Å². The smallest absolute Gasteiger partial charge is 0.248 e. The third kappa shape index (κ3) is 6.24. The van der Waals surface area contributed by atoms with Gasteiger partial charge in [-0.1, -0.05) is 25.4 Å². The monoisotopic (exact) mass is 424 g/mol. The highest BCUT2D eigenvalue weighted by atomic mass is 35.5. The summed E-state index contributed by atoms with van der Waals surface area (Å²) in [4.78, 5) is 16.2. The molecule has 1 atom stereocenters. The van der Waals surface area contributed by atoms with E-state index in [0.717, 1.165) is 50.6 Å². The molecule has 0 bridgehead atoms. The molecule has 0 aliphatic carbocycles. The Labute approximate surface area is 179 Å². The number of likely N-dealkylation sites (tertiary alicyclic amines) is 1. The molecule has 0 spiro atoms. The summed E-state index contributed by atoms with van der Waals surface area (Å²) in [7, 11) is 0. The van der Waals surface area contributed by atoms with E-state index in [-0.39, 0.29) is 18.6 Å². The van der Waals surface area contributed by atoms with Crippen LogP contribution >= 0.6 is 11.6 Å². The van der Waals surface area contributed by atoms with Crippen LogP contribution < -0.4 is 9.47 Å². The average molecular weight is 425 g/mol. The standard InChI is InChI=1S/C20H27ClN2O4.C2H6/c21-16-1-2-18-19(11-16)27-17(13-26-18)12-22-6-3-15(4-7-22)5-8-23-9-10-25-14-20(23)24;1-2/h1-2,11,15,17H,3-10,12-14H2;1-2H3/t17-;/m0./s1. The van der Waals surface area contributed by atoms with Crippen LogP contribution in [0.25, 0.3) is 0 Å². The number of morpholine rings is 1. The molecule has 2 fully saturated rings. The van der Waals surface area contributed by atoms with Gasteiger partial charge in [-0.05, 0) is 50.4 Å². The van der Waals surface area contributed by atoms with Gasteiger partial charge in [-0.15, -0.1) is 0 Å². The Balaban J connectivity index is 0.00000117. The number of fused-ring (bicyclic) bond motifs is 1. The average Bonchev–Trinajstić information content (AvgIpc) is 2.75. The molecule has 7 heteroatoms. The van der Waals surface area contributed by atoms with Gasteiger partial charge in [-0.3, -0.25) is 9.69 Å². The van der Waals surface area contributed by atoms with Crippen LogP contribution in [-0.2, 0) is 9.53 Å². The summed E-state index contributed by atoms with van der Waals surface area (Å²) in [5.74, 6) is 2.34. The largest absolute Gasteiger partial charge is 0.486 e. The van der Waals surface area contributed by atoms with Crippen molar-refractivity contribution in [1.82, 2.24) is 9.80 Å². The van der Waals surface area contributed by atoms with Crippen LogP contribution in [0.2, 0.25) is 5.02 Å². The lowest BCUT2D eigenvalue weighted by Gasteiger charge is -2.36. The van der Waals surface area contributed by atoms with Crippen molar-refractivity contribution in [2.75, 3.05) is 52.5 Å². The lowest BCUT2D eigenvalue weighted by Crippen LogP contribution is -2.45. The molecular formula is C22H33ClN2O4. The Morgan fingerprint density at radius 1 is 1.14 bits per heavy atom. The fraction of sp³-hybridized carbons (Fsp3) is 0.682. The number of nitrogens with zero attached hydrogens (tertiary/aromatic N) is 2. The van der Waals surface area contributed by atoms with Gasteiger partial charge < -0.3 is 19.1 Å². The number of amides is 1. The summed E-state index contributed by atoms with van der Waals surface area (Å²) < 4.78 is 17.1. The van der Waals surface area contributed by atoms with Gasteiger partial charge in [0.25, 0.3) is 0 Å². The van der Waals surface area contributed by atoms with Gasteiger partial charge in [-0.25, -0.2) is 0 Å². The molecule has 29 heavy (non-hydrogen) atoms. The molecule has 0 aromatic heterocycles. The maximum absolute atomic E-state index is 11.8. The van der Waals surface area contributed by atoms with E-state index in [2.05, 4.69) is 4.90 Å². The van der Waals surface area contributed by atoms with Crippen molar-refractivity contribution in [3.63, 3.8) is 0 Å². The molecule has 3 aliphatic heterocycles. The van der Waals surface area contributed by atoms with Gasteiger partial charge in [0.1, 0.15) is 19.3 Å². The Hall–Kier alpha value is -1.50. The van der Waals surface area contributed by atoms with Gasteiger partial charge >= 0.3 is 0 Å². The first-order valence-corrected chi connectivity index (χ1v) is 11.2. The van der Waals surface area contributed by atoms with Crippen LogP contribution in [0.1, 0.15) is 33.1 Å². The number of carbonyl (C=O) groups excluding carboxylic acids is 1. The number of ether oxygens (including phenoxy) is 3. The number of hydrogen-bond donors (Lipinski definition) is 0. The van der Waals surface area contributed by atoms with Gasteiger partial charge in [0.05, 0.1) is 6.61 Å². The van der Waals surface area contributed by atoms with E-state index in [1.807, 2.05) is 36.9 Å². The molecule has 0 saturated carbocycles. The molecule has 2 saturated heterocycles. The molecule has 0 unspecified atom stereocenters. The number of piperidine rings is 1. The predicted octanol–water partition coefficient (Wildman–Crippen LogP) is 3.47. The molecule has 3 heterocycles. The van der Waals surface area contributed by atoms with E-state index in [1.54, 1.807) is 0 Å². The minimum atomic E-state index is 0.0403. The van der Waals surface area contributed by atoms with Crippen molar-refractivity contribution in [3.8, 4) is 11.5 Å². The molecule has 1 aromatic rings. The highest BCUT2D eigenvalue weighted by molar-refractivity contribution is 6.30. The fourth-order valence-electron chi connectivity index (χ4n) is 4.05. The van der Waals surface area contributed by atoms with Gasteiger partial charge in [0, 0.05) is 30.7 Å². The van der Waals surface area contributed by atoms with Crippen LogP contribution in [0.4, 0.5) is 0 Å². The van der Waals surface area contributed by atoms with Crippen molar-refractivity contribution >= 4 is 17.5 Å². The van der Waals surface area contributed by atoms with E-state index in [0.29, 0.717) is 24.2 Å². The van der Waals surface area contributed by atoms with Crippen LogP contribution in [0.3, 0.4) is 0 Å². The fourth-order valence-corrected chi connectivity index (χ4v) is 4.21. The summed E-state index contributed by atoms with van der Waals surface area (Å²) in [6.07, 6.45) is 3.48. The molecule has 6 nitrogen and oxygen atoms in total. The minimum absolute atomic E-state index is 0.0403. The Morgan fingerprint density at radius 3 is 2.69 bits per heavy atom.